The number of imide groups is 1. The Balaban J connectivity index is 1.44. The number of carbonyl (C=O) groups excluding carboxylic acids is 3. The molecule has 1 aliphatic heterocycles. The number of nitro benzene ring substituents is 1. The van der Waals surface area contributed by atoms with Crippen LogP contribution in [0.25, 0.3) is 6.08 Å². The van der Waals surface area contributed by atoms with E-state index in [2.05, 4.69) is 21.2 Å². The van der Waals surface area contributed by atoms with Gasteiger partial charge in [0.2, 0.25) is 5.91 Å². The molecule has 1 N–H and O–H groups in total. The van der Waals surface area contributed by atoms with Gasteiger partial charge in [-0.2, -0.15) is 0 Å². The third-order valence-electron chi connectivity index (χ3n) is 5.63. The van der Waals surface area contributed by atoms with Gasteiger partial charge >= 0.3 is 0 Å². The van der Waals surface area contributed by atoms with E-state index in [9.17, 15) is 24.5 Å². The number of methoxy groups -OCH3 is 2. The molecule has 3 amide bonds. The first kappa shape index (κ1) is 28.6. The summed E-state index contributed by atoms with van der Waals surface area (Å²) in [5.74, 6) is 0.268. The molecule has 1 aliphatic rings. The molecule has 0 bridgehead atoms. The predicted molar refractivity (Wildman–Crippen MR) is 152 cm³/mol. The van der Waals surface area contributed by atoms with Gasteiger partial charge in [0.1, 0.15) is 18.9 Å². The molecule has 0 atom stereocenters. The van der Waals surface area contributed by atoms with Gasteiger partial charge in [-0.15, -0.1) is 0 Å². The Morgan fingerprint density at radius 2 is 1.77 bits per heavy atom. The fourth-order valence-corrected chi connectivity index (χ4v) is 5.05. The van der Waals surface area contributed by atoms with Gasteiger partial charge in [-0.25, -0.2) is 0 Å². The molecule has 0 unspecified atom stereocenters. The number of hydrogen-bond donors (Lipinski definition) is 1. The highest BCUT2D eigenvalue weighted by molar-refractivity contribution is 9.10. The number of ether oxygens (including phenoxy) is 3. The zero-order chi connectivity index (χ0) is 28.8. The van der Waals surface area contributed by atoms with Crippen LogP contribution in [0, 0.1) is 10.1 Å². The number of thioether (sulfide) groups is 1. The largest absolute Gasteiger partial charge is 0.497 e. The maximum Gasteiger partial charge on any atom is 0.294 e. The van der Waals surface area contributed by atoms with Gasteiger partial charge < -0.3 is 19.5 Å². The molecule has 1 fully saturated rings. The van der Waals surface area contributed by atoms with Crippen molar-refractivity contribution in [3.63, 3.8) is 0 Å². The number of halogens is 1. The van der Waals surface area contributed by atoms with Crippen LogP contribution in [-0.4, -0.2) is 47.6 Å². The molecular formula is C27H22BrN3O8S. The molecule has 1 saturated heterocycles. The first-order valence-electron chi connectivity index (χ1n) is 11.6. The van der Waals surface area contributed by atoms with Crippen LogP contribution < -0.4 is 19.5 Å². The van der Waals surface area contributed by atoms with Gasteiger partial charge in [-0.3, -0.25) is 29.4 Å². The first-order valence-corrected chi connectivity index (χ1v) is 13.2. The van der Waals surface area contributed by atoms with E-state index in [0.29, 0.717) is 38.5 Å². The zero-order valence-electron chi connectivity index (χ0n) is 21.2. The van der Waals surface area contributed by atoms with E-state index in [4.69, 9.17) is 14.2 Å². The second-order valence-electron chi connectivity index (χ2n) is 8.29. The van der Waals surface area contributed by atoms with E-state index in [1.807, 2.05) is 0 Å². The summed E-state index contributed by atoms with van der Waals surface area (Å²) in [6.07, 6.45) is 1.53. The fraction of sp³-hybridized carbons (Fsp3) is 0.148. The lowest BCUT2D eigenvalue weighted by molar-refractivity contribution is -0.384. The number of rotatable bonds is 10. The Bertz CT molecular complexity index is 1490. The SMILES string of the molecule is COc1ccc(NC(=O)CN2C(=O)S/C(=C/c3cc(Br)c(OCc4ccc([N+](=O)[O-])cc4)c(OC)c3)C2=O)cc1. The number of hydrogen-bond acceptors (Lipinski definition) is 9. The summed E-state index contributed by atoms with van der Waals surface area (Å²) in [7, 11) is 2.99. The quantitative estimate of drug-likeness (QED) is 0.172. The van der Waals surface area contributed by atoms with Crippen LogP contribution in [0.5, 0.6) is 17.2 Å². The van der Waals surface area contributed by atoms with Gasteiger partial charge in [0.25, 0.3) is 16.8 Å². The van der Waals surface area contributed by atoms with Gasteiger partial charge in [0, 0.05) is 17.8 Å². The number of carbonyl (C=O) groups is 3. The van der Waals surface area contributed by atoms with Crippen LogP contribution >= 0.6 is 27.7 Å². The van der Waals surface area contributed by atoms with Crippen molar-refractivity contribution in [2.45, 2.75) is 6.61 Å². The van der Waals surface area contributed by atoms with Crippen LogP contribution in [-0.2, 0) is 16.2 Å². The highest BCUT2D eigenvalue weighted by atomic mass is 79.9. The number of nitrogens with zero attached hydrogens (tertiary/aromatic N) is 2. The smallest absolute Gasteiger partial charge is 0.294 e. The summed E-state index contributed by atoms with van der Waals surface area (Å²) < 4.78 is 17.0. The minimum absolute atomic E-state index is 0.0193. The van der Waals surface area contributed by atoms with Gasteiger partial charge in [-0.1, -0.05) is 0 Å². The Kier molecular flexibility index (Phi) is 9.07. The number of nitro groups is 1. The van der Waals surface area contributed by atoms with Crippen LogP contribution in [0.15, 0.2) is 70.0 Å². The Labute approximate surface area is 241 Å². The van der Waals surface area contributed by atoms with Crippen molar-refractivity contribution >= 4 is 62.2 Å². The third kappa shape index (κ3) is 6.79. The Morgan fingerprint density at radius 3 is 2.40 bits per heavy atom. The average molecular weight is 628 g/mol. The predicted octanol–water partition coefficient (Wildman–Crippen LogP) is 5.63. The third-order valence-corrected chi connectivity index (χ3v) is 7.13. The second kappa shape index (κ2) is 12.7. The van der Waals surface area contributed by atoms with Crippen LogP contribution in [0.1, 0.15) is 11.1 Å². The van der Waals surface area contributed by atoms with Crippen molar-refractivity contribution in [2.75, 3.05) is 26.1 Å². The summed E-state index contributed by atoms with van der Waals surface area (Å²) >= 11 is 4.18. The number of nitrogens with one attached hydrogen (secondary N) is 1. The molecular weight excluding hydrogens is 606 g/mol. The van der Waals surface area contributed by atoms with Crippen molar-refractivity contribution in [3.8, 4) is 17.2 Å². The molecule has 0 aromatic heterocycles. The molecule has 4 rings (SSSR count). The monoisotopic (exact) mass is 627 g/mol. The van der Waals surface area contributed by atoms with E-state index in [0.717, 1.165) is 16.7 Å². The van der Waals surface area contributed by atoms with Gasteiger partial charge in [0.15, 0.2) is 11.5 Å². The van der Waals surface area contributed by atoms with Crippen molar-refractivity contribution in [1.82, 2.24) is 4.90 Å². The summed E-state index contributed by atoms with van der Waals surface area (Å²) in [5.41, 5.74) is 1.75. The summed E-state index contributed by atoms with van der Waals surface area (Å²) in [5, 5.41) is 12.9. The van der Waals surface area contributed by atoms with Crippen molar-refractivity contribution < 1.29 is 33.5 Å². The van der Waals surface area contributed by atoms with E-state index >= 15 is 0 Å². The molecule has 0 spiro atoms. The highest BCUT2D eigenvalue weighted by Gasteiger charge is 2.36. The molecule has 11 nitrogen and oxygen atoms in total. The summed E-state index contributed by atoms with van der Waals surface area (Å²) in [6.45, 7) is -0.305. The number of non-ortho nitro benzene ring substituents is 1. The molecule has 0 radical (unpaired) electrons. The van der Waals surface area contributed by atoms with Gasteiger partial charge in [0.05, 0.1) is 28.5 Å². The minimum atomic E-state index is -0.589. The van der Waals surface area contributed by atoms with E-state index < -0.39 is 28.5 Å². The number of anilines is 1. The molecule has 0 saturated carbocycles. The van der Waals surface area contributed by atoms with Gasteiger partial charge in [-0.05, 0) is 93.4 Å². The molecule has 0 aliphatic carbocycles. The number of amides is 3. The normalized spacial score (nSPS) is 13.9. The standard InChI is InChI=1S/C27H22BrN3O8S/c1-37-20-9-5-18(6-10-20)29-24(32)14-30-26(33)23(40-27(30)34)13-17-11-21(28)25(22(12-17)38-2)39-15-16-3-7-19(8-4-16)31(35)36/h3-13H,14-15H2,1-2H3,(H,29,32)/b23-13+. The minimum Gasteiger partial charge on any atom is -0.497 e. The molecule has 13 heteroatoms. The van der Waals surface area contributed by atoms with Crippen LogP contribution in [0.4, 0.5) is 16.2 Å². The lowest BCUT2D eigenvalue weighted by Gasteiger charge is -2.14. The maximum absolute atomic E-state index is 12.9. The molecule has 3 aromatic rings. The van der Waals surface area contributed by atoms with Crippen molar-refractivity contribution in [3.05, 3.63) is 91.3 Å². The molecule has 3 aromatic carbocycles. The lowest BCUT2D eigenvalue weighted by atomic mass is 10.1. The fourth-order valence-electron chi connectivity index (χ4n) is 3.64. The molecule has 206 valence electrons. The van der Waals surface area contributed by atoms with Crippen molar-refractivity contribution in [2.24, 2.45) is 0 Å². The highest BCUT2D eigenvalue weighted by Crippen LogP contribution is 2.39. The van der Waals surface area contributed by atoms with Crippen LogP contribution in [0.2, 0.25) is 0 Å². The lowest BCUT2D eigenvalue weighted by Crippen LogP contribution is -2.36. The number of benzene rings is 3. The second-order valence-corrected chi connectivity index (χ2v) is 10.1. The molecule has 1 heterocycles. The summed E-state index contributed by atoms with van der Waals surface area (Å²) in [4.78, 5) is 49.3. The summed E-state index contributed by atoms with van der Waals surface area (Å²) in [6, 6.07) is 16.0. The van der Waals surface area contributed by atoms with E-state index in [1.54, 1.807) is 48.5 Å². The first-order chi connectivity index (χ1) is 19.2. The van der Waals surface area contributed by atoms with E-state index in [-0.39, 0.29) is 17.2 Å². The topological polar surface area (TPSA) is 137 Å². The Morgan fingerprint density at radius 1 is 1.07 bits per heavy atom. The average Bonchev–Trinajstić information content (AvgIpc) is 3.19. The van der Waals surface area contributed by atoms with Crippen molar-refractivity contribution in [1.29, 1.82) is 0 Å². The maximum atomic E-state index is 12.9. The molecule has 40 heavy (non-hydrogen) atoms. The van der Waals surface area contributed by atoms with Crippen LogP contribution in [0.3, 0.4) is 0 Å². The zero-order valence-corrected chi connectivity index (χ0v) is 23.6. The Hall–Kier alpha value is -4.36. The van der Waals surface area contributed by atoms with E-state index in [1.165, 1.54) is 32.4 Å².